The monoisotopic (exact) mass is 329 g/mol. The van der Waals surface area contributed by atoms with Gasteiger partial charge in [0.25, 0.3) is 0 Å². The molecule has 0 aliphatic carbocycles. The first-order valence-corrected chi connectivity index (χ1v) is 8.46. The highest BCUT2D eigenvalue weighted by Crippen LogP contribution is 2.34. The van der Waals surface area contributed by atoms with Crippen LogP contribution in [0, 0.1) is 18.7 Å². The van der Waals surface area contributed by atoms with E-state index in [-0.39, 0.29) is 5.75 Å². The molecule has 1 heterocycles. The van der Waals surface area contributed by atoms with Gasteiger partial charge >= 0.3 is 0 Å². The molecule has 128 valence electrons. The fraction of sp³-hybridized carbons (Fsp3) is 0.400. The van der Waals surface area contributed by atoms with Crippen molar-refractivity contribution in [2.24, 2.45) is 5.92 Å². The molecule has 1 aliphatic heterocycles. The maximum atomic E-state index is 14.2. The third kappa shape index (κ3) is 4.26. The Balaban J connectivity index is 1.71. The Morgan fingerprint density at radius 2 is 1.96 bits per heavy atom. The van der Waals surface area contributed by atoms with Crippen molar-refractivity contribution in [3.05, 3.63) is 53.8 Å². The van der Waals surface area contributed by atoms with Crippen LogP contribution in [0.4, 0.5) is 4.39 Å². The van der Waals surface area contributed by atoms with E-state index in [1.807, 2.05) is 31.2 Å². The molecule has 24 heavy (non-hydrogen) atoms. The van der Waals surface area contributed by atoms with E-state index in [9.17, 15) is 4.39 Å². The quantitative estimate of drug-likeness (QED) is 0.797. The molecule has 1 fully saturated rings. The molecule has 3 nitrogen and oxygen atoms in total. The van der Waals surface area contributed by atoms with Crippen molar-refractivity contribution >= 4 is 0 Å². The standard InChI is InChI=1S/C20H24FNO2/c1-15-8-10-17(11-9-15)24-20-18(21)6-3-7-19(20)23-14-16-5-4-12-22(2)13-16/h3,6-11,16H,4-5,12-14H2,1-2H3. The molecule has 1 unspecified atom stereocenters. The van der Waals surface area contributed by atoms with Gasteiger partial charge in [-0.3, -0.25) is 0 Å². The highest BCUT2D eigenvalue weighted by Gasteiger charge is 2.19. The number of likely N-dealkylation sites (tertiary alicyclic amines) is 1. The number of para-hydroxylation sites is 1. The van der Waals surface area contributed by atoms with Gasteiger partial charge in [-0.1, -0.05) is 23.8 Å². The number of benzene rings is 2. The Bertz CT molecular complexity index is 672. The summed E-state index contributed by atoms with van der Waals surface area (Å²) in [6.45, 7) is 4.74. The molecule has 0 radical (unpaired) electrons. The van der Waals surface area contributed by atoms with E-state index in [0.717, 1.165) is 25.1 Å². The average molecular weight is 329 g/mol. The van der Waals surface area contributed by atoms with E-state index in [4.69, 9.17) is 9.47 Å². The minimum Gasteiger partial charge on any atom is -0.489 e. The highest BCUT2D eigenvalue weighted by atomic mass is 19.1. The minimum atomic E-state index is -0.408. The summed E-state index contributed by atoms with van der Waals surface area (Å²) in [5.41, 5.74) is 1.13. The normalized spacial score (nSPS) is 18.4. The van der Waals surface area contributed by atoms with Crippen molar-refractivity contribution in [1.29, 1.82) is 0 Å². The summed E-state index contributed by atoms with van der Waals surface area (Å²) < 4.78 is 25.9. The SMILES string of the molecule is Cc1ccc(Oc2c(F)cccc2OCC2CCCN(C)C2)cc1. The van der Waals surface area contributed by atoms with Crippen LogP contribution in [0.25, 0.3) is 0 Å². The van der Waals surface area contributed by atoms with Gasteiger partial charge in [-0.2, -0.15) is 0 Å². The van der Waals surface area contributed by atoms with Crippen LogP contribution < -0.4 is 9.47 Å². The van der Waals surface area contributed by atoms with Crippen molar-refractivity contribution in [1.82, 2.24) is 4.90 Å². The molecule has 4 heteroatoms. The highest BCUT2D eigenvalue weighted by molar-refractivity contribution is 5.44. The van der Waals surface area contributed by atoms with Crippen LogP contribution in [-0.4, -0.2) is 31.6 Å². The molecule has 0 amide bonds. The Morgan fingerprint density at radius 1 is 1.17 bits per heavy atom. The zero-order valence-electron chi connectivity index (χ0n) is 14.3. The van der Waals surface area contributed by atoms with Crippen LogP contribution in [0.2, 0.25) is 0 Å². The predicted molar refractivity (Wildman–Crippen MR) is 93.4 cm³/mol. The van der Waals surface area contributed by atoms with Crippen molar-refractivity contribution in [3.8, 4) is 17.2 Å². The van der Waals surface area contributed by atoms with Gasteiger partial charge < -0.3 is 14.4 Å². The Labute approximate surface area is 143 Å². The first kappa shape index (κ1) is 16.8. The van der Waals surface area contributed by atoms with E-state index in [0.29, 0.717) is 24.0 Å². The molecule has 1 atom stereocenters. The number of nitrogens with zero attached hydrogens (tertiary/aromatic N) is 1. The van der Waals surface area contributed by atoms with E-state index >= 15 is 0 Å². The predicted octanol–water partition coefficient (Wildman–Crippen LogP) is 4.65. The van der Waals surface area contributed by atoms with Crippen LogP contribution in [0.15, 0.2) is 42.5 Å². The molecule has 2 aromatic carbocycles. The van der Waals surface area contributed by atoms with Gasteiger partial charge in [0.1, 0.15) is 5.75 Å². The summed E-state index contributed by atoms with van der Waals surface area (Å²) in [5, 5.41) is 0. The lowest BCUT2D eigenvalue weighted by Crippen LogP contribution is -2.34. The van der Waals surface area contributed by atoms with Crippen molar-refractivity contribution in [3.63, 3.8) is 0 Å². The summed E-state index contributed by atoms with van der Waals surface area (Å²) in [6, 6.07) is 12.4. The third-order valence-electron chi connectivity index (χ3n) is 4.37. The topological polar surface area (TPSA) is 21.7 Å². The second kappa shape index (κ2) is 7.67. The van der Waals surface area contributed by atoms with E-state index in [1.165, 1.54) is 12.5 Å². The molecule has 2 aromatic rings. The number of aryl methyl sites for hydroxylation is 1. The third-order valence-corrected chi connectivity index (χ3v) is 4.37. The summed E-state index contributed by atoms with van der Waals surface area (Å²) >= 11 is 0. The maximum absolute atomic E-state index is 14.2. The number of rotatable bonds is 5. The number of piperidine rings is 1. The second-order valence-corrected chi connectivity index (χ2v) is 6.56. The minimum absolute atomic E-state index is 0.158. The van der Waals surface area contributed by atoms with Gasteiger partial charge in [0, 0.05) is 12.5 Å². The lowest BCUT2D eigenvalue weighted by Gasteiger charge is -2.29. The molecular weight excluding hydrogens is 305 g/mol. The van der Waals surface area contributed by atoms with Crippen LogP contribution in [0.3, 0.4) is 0 Å². The van der Waals surface area contributed by atoms with E-state index < -0.39 is 5.82 Å². The van der Waals surface area contributed by atoms with Crippen LogP contribution >= 0.6 is 0 Å². The number of halogens is 1. The Hall–Kier alpha value is -2.07. The van der Waals surface area contributed by atoms with Crippen molar-refractivity contribution in [2.75, 3.05) is 26.7 Å². The van der Waals surface area contributed by atoms with Gasteiger partial charge in [-0.15, -0.1) is 0 Å². The second-order valence-electron chi connectivity index (χ2n) is 6.56. The van der Waals surface area contributed by atoms with Gasteiger partial charge in [0.05, 0.1) is 6.61 Å². The molecule has 1 saturated heterocycles. The zero-order chi connectivity index (χ0) is 16.9. The fourth-order valence-corrected chi connectivity index (χ4v) is 3.04. The Morgan fingerprint density at radius 3 is 2.71 bits per heavy atom. The lowest BCUT2D eigenvalue weighted by atomic mass is 10.00. The molecule has 0 saturated carbocycles. The first-order chi connectivity index (χ1) is 11.6. The molecule has 0 aromatic heterocycles. The zero-order valence-corrected chi connectivity index (χ0v) is 14.3. The summed E-state index contributed by atoms with van der Waals surface area (Å²) in [4.78, 5) is 2.31. The molecule has 0 bridgehead atoms. The summed E-state index contributed by atoms with van der Waals surface area (Å²) in [6.07, 6.45) is 2.33. The number of ether oxygens (including phenoxy) is 2. The number of hydrogen-bond donors (Lipinski definition) is 0. The largest absolute Gasteiger partial charge is 0.489 e. The first-order valence-electron chi connectivity index (χ1n) is 8.46. The summed E-state index contributed by atoms with van der Waals surface area (Å²) in [7, 11) is 2.13. The van der Waals surface area contributed by atoms with Crippen molar-refractivity contribution in [2.45, 2.75) is 19.8 Å². The Kier molecular flexibility index (Phi) is 5.36. The average Bonchev–Trinajstić information content (AvgIpc) is 2.57. The fourth-order valence-electron chi connectivity index (χ4n) is 3.04. The van der Waals surface area contributed by atoms with Gasteiger partial charge in [-0.05, 0) is 57.6 Å². The molecule has 3 rings (SSSR count). The number of hydrogen-bond acceptors (Lipinski definition) is 3. The van der Waals surface area contributed by atoms with Gasteiger partial charge in [-0.25, -0.2) is 4.39 Å². The van der Waals surface area contributed by atoms with E-state index in [1.54, 1.807) is 12.1 Å². The smallest absolute Gasteiger partial charge is 0.204 e. The molecule has 1 aliphatic rings. The van der Waals surface area contributed by atoms with Gasteiger partial charge in [0.15, 0.2) is 11.6 Å². The molecular formula is C20H24FNO2. The van der Waals surface area contributed by atoms with Crippen LogP contribution in [0.1, 0.15) is 18.4 Å². The van der Waals surface area contributed by atoms with Gasteiger partial charge in [0.2, 0.25) is 5.75 Å². The van der Waals surface area contributed by atoms with Crippen LogP contribution in [-0.2, 0) is 0 Å². The maximum Gasteiger partial charge on any atom is 0.204 e. The molecule has 0 N–H and O–H groups in total. The lowest BCUT2D eigenvalue weighted by molar-refractivity contribution is 0.148. The van der Waals surface area contributed by atoms with Crippen LogP contribution in [0.5, 0.6) is 17.2 Å². The van der Waals surface area contributed by atoms with E-state index in [2.05, 4.69) is 11.9 Å². The summed E-state index contributed by atoms with van der Waals surface area (Å²) in [5.74, 6) is 1.29. The molecule has 0 spiro atoms. The van der Waals surface area contributed by atoms with Crippen molar-refractivity contribution < 1.29 is 13.9 Å².